The van der Waals surface area contributed by atoms with Crippen molar-refractivity contribution in [1.82, 2.24) is 4.90 Å². The molecule has 0 amide bonds. The minimum Gasteiger partial charge on any atom is -0.422 e. The van der Waals surface area contributed by atoms with Gasteiger partial charge in [-0.15, -0.1) is 0 Å². The second-order valence-corrected chi connectivity index (χ2v) is 6.24. The zero-order valence-electron chi connectivity index (χ0n) is 14.1. The highest BCUT2D eigenvalue weighted by molar-refractivity contribution is 5.83. The quantitative estimate of drug-likeness (QED) is 0.675. The van der Waals surface area contributed by atoms with E-state index < -0.39 is 0 Å². The number of benzene rings is 2. The number of halogens is 1. The van der Waals surface area contributed by atoms with Crippen LogP contribution in [0.2, 0.25) is 0 Å². The molecule has 0 aliphatic rings. The van der Waals surface area contributed by atoms with Crippen LogP contribution in [0.1, 0.15) is 22.3 Å². The summed E-state index contributed by atoms with van der Waals surface area (Å²) in [5.74, 6) is -0.215. The lowest BCUT2D eigenvalue weighted by atomic mass is 10.0. The third-order valence-corrected chi connectivity index (χ3v) is 4.36. The van der Waals surface area contributed by atoms with Crippen LogP contribution in [0.3, 0.4) is 0 Å². The van der Waals surface area contributed by atoms with Gasteiger partial charge in [-0.2, -0.15) is 0 Å². The van der Waals surface area contributed by atoms with Crippen LogP contribution in [-0.4, -0.2) is 11.9 Å². The van der Waals surface area contributed by atoms with Gasteiger partial charge in [0.05, 0.1) is 0 Å². The fraction of sp³-hybridized carbons (Fsp3) is 0.250. The Hall–Kier alpha value is -2.46. The predicted molar refractivity (Wildman–Crippen MR) is 93.5 cm³/mol. The molecule has 0 aliphatic carbocycles. The van der Waals surface area contributed by atoms with Crippen LogP contribution in [0.15, 0.2) is 51.7 Å². The van der Waals surface area contributed by atoms with Crippen molar-refractivity contribution in [2.24, 2.45) is 0 Å². The molecule has 1 heterocycles. The van der Waals surface area contributed by atoms with Gasteiger partial charge >= 0.3 is 5.63 Å². The van der Waals surface area contributed by atoms with Crippen LogP contribution in [0.25, 0.3) is 11.0 Å². The number of hydrogen-bond acceptors (Lipinski definition) is 3. The largest absolute Gasteiger partial charge is 0.422 e. The van der Waals surface area contributed by atoms with Gasteiger partial charge in [0.1, 0.15) is 11.4 Å². The van der Waals surface area contributed by atoms with Crippen LogP contribution in [-0.2, 0) is 13.1 Å². The average molecular weight is 325 g/mol. The Morgan fingerprint density at radius 3 is 2.50 bits per heavy atom. The van der Waals surface area contributed by atoms with E-state index in [9.17, 15) is 9.18 Å². The smallest absolute Gasteiger partial charge is 0.336 e. The first-order valence-electron chi connectivity index (χ1n) is 7.90. The number of fused-ring (bicyclic) bond motifs is 1. The molecule has 0 radical (unpaired) electrons. The molecule has 3 aromatic rings. The third-order valence-electron chi connectivity index (χ3n) is 4.36. The molecule has 0 fully saturated rings. The first-order chi connectivity index (χ1) is 11.5. The molecule has 24 heavy (non-hydrogen) atoms. The Morgan fingerprint density at radius 2 is 1.75 bits per heavy atom. The highest BCUT2D eigenvalue weighted by Gasteiger charge is 2.12. The van der Waals surface area contributed by atoms with E-state index in [1.165, 1.54) is 12.1 Å². The second-order valence-electron chi connectivity index (χ2n) is 6.24. The number of aryl methyl sites for hydroxylation is 2. The molecular formula is C20H20FNO2. The van der Waals surface area contributed by atoms with Crippen molar-refractivity contribution in [2.75, 3.05) is 7.05 Å². The molecular weight excluding hydrogens is 305 g/mol. The lowest BCUT2D eigenvalue weighted by Crippen LogP contribution is -2.19. The fourth-order valence-corrected chi connectivity index (χ4v) is 2.92. The van der Waals surface area contributed by atoms with E-state index in [0.717, 1.165) is 22.1 Å². The number of rotatable bonds is 4. The Bertz CT molecular complexity index is 946. The van der Waals surface area contributed by atoms with Crippen LogP contribution in [0.5, 0.6) is 0 Å². The van der Waals surface area contributed by atoms with E-state index in [1.807, 2.05) is 44.0 Å². The molecule has 3 nitrogen and oxygen atoms in total. The van der Waals surface area contributed by atoms with E-state index in [0.29, 0.717) is 24.2 Å². The molecule has 124 valence electrons. The van der Waals surface area contributed by atoms with Crippen molar-refractivity contribution in [3.05, 3.63) is 81.0 Å². The summed E-state index contributed by atoms with van der Waals surface area (Å²) in [5, 5.41) is 0.929. The van der Waals surface area contributed by atoms with Gasteiger partial charge in [-0.25, -0.2) is 9.18 Å². The lowest BCUT2D eigenvalue weighted by Gasteiger charge is -2.18. The number of hydrogen-bond donors (Lipinski definition) is 0. The van der Waals surface area contributed by atoms with Crippen molar-refractivity contribution in [3.63, 3.8) is 0 Å². The topological polar surface area (TPSA) is 33.5 Å². The van der Waals surface area contributed by atoms with Crippen LogP contribution < -0.4 is 5.63 Å². The Labute approximate surface area is 140 Å². The summed E-state index contributed by atoms with van der Waals surface area (Å²) in [6, 6.07) is 12.3. The number of nitrogens with zero attached hydrogens (tertiary/aromatic N) is 1. The van der Waals surface area contributed by atoms with E-state index in [-0.39, 0.29) is 11.4 Å². The molecule has 0 atom stereocenters. The maximum atomic E-state index is 13.8. The van der Waals surface area contributed by atoms with Gasteiger partial charge in [0.15, 0.2) is 0 Å². The maximum Gasteiger partial charge on any atom is 0.336 e. The van der Waals surface area contributed by atoms with Crippen LogP contribution in [0, 0.1) is 19.7 Å². The highest BCUT2D eigenvalue weighted by Crippen LogP contribution is 2.24. The minimum absolute atomic E-state index is 0.215. The summed E-state index contributed by atoms with van der Waals surface area (Å²) in [6.07, 6.45) is 0. The molecule has 0 saturated carbocycles. The van der Waals surface area contributed by atoms with Crippen molar-refractivity contribution in [3.8, 4) is 0 Å². The summed E-state index contributed by atoms with van der Waals surface area (Å²) in [5.41, 5.74) is 3.87. The minimum atomic E-state index is -0.356. The molecule has 0 aliphatic heterocycles. The van der Waals surface area contributed by atoms with Crippen molar-refractivity contribution >= 4 is 11.0 Å². The zero-order chi connectivity index (χ0) is 17.3. The standard InChI is InChI=1S/C20H20FNO2/c1-13-8-9-17-16(10-19(23)24-20(17)14(13)2)12-22(3)11-15-6-4-5-7-18(15)21/h4-10H,11-12H2,1-3H3. The summed E-state index contributed by atoms with van der Waals surface area (Å²) in [7, 11) is 1.91. The van der Waals surface area contributed by atoms with Gasteiger partial charge in [-0.1, -0.05) is 30.3 Å². The molecule has 0 saturated heterocycles. The van der Waals surface area contributed by atoms with Gasteiger partial charge in [0.25, 0.3) is 0 Å². The second kappa shape index (κ2) is 6.57. The van der Waals surface area contributed by atoms with Crippen molar-refractivity contribution < 1.29 is 8.81 Å². The van der Waals surface area contributed by atoms with Gasteiger partial charge in [-0.3, -0.25) is 4.90 Å². The van der Waals surface area contributed by atoms with Gasteiger partial charge in [-0.05, 0) is 43.7 Å². The molecule has 4 heteroatoms. The normalized spacial score (nSPS) is 11.4. The fourth-order valence-electron chi connectivity index (χ4n) is 2.92. The van der Waals surface area contributed by atoms with E-state index in [4.69, 9.17) is 4.42 Å². The Kier molecular flexibility index (Phi) is 4.49. The zero-order valence-corrected chi connectivity index (χ0v) is 14.1. The molecule has 1 aromatic heterocycles. The van der Waals surface area contributed by atoms with Crippen LogP contribution in [0.4, 0.5) is 4.39 Å². The lowest BCUT2D eigenvalue weighted by molar-refractivity contribution is 0.314. The molecule has 0 bridgehead atoms. The van der Waals surface area contributed by atoms with Crippen LogP contribution >= 0.6 is 0 Å². The first-order valence-corrected chi connectivity index (χ1v) is 7.90. The monoisotopic (exact) mass is 325 g/mol. The Balaban J connectivity index is 1.94. The Morgan fingerprint density at radius 1 is 1.04 bits per heavy atom. The molecule has 0 unspecified atom stereocenters. The van der Waals surface area contributed by atoms with E-state index >= 15 is 0 Å². The third kappa shape index (κ3) is 3.24. The summed E-state index contributed by atoms with van der Waals surface area (Å²) < 4.78 is 19.2. The maximum absolute atomic E-state index is 13.8. The van der Waals surface area contributed by atoms with Gasteiger partial charge in [0.2, 0.25) is 0 Å². The van der Waals surface area contributed by atoms with Crippen molar-refractivity contribution in [1.29, 1.82) is 0 Å². The highest BCUT2D eigenvalue weighted by atomic mass is 19.1. The summed E-state index contributed by atoms with van der Waals surface area (Å²) in [4.78, 5) is 13.9. The average Bonchev–Trinajstić information content (AvgIpc) is 2.53. The first kappa shape index (κ1) is 16.4. The molecule has 0 spiro atoms. The summed E-state index contributed by atoms with van der Waals surface area (Å²) in [6.45, 7) is 4.96. The SMILES string of the molecule is Cc1ccc2c(CN(C)Cc3ccccc3F)cc(=O)oc2c1C. The van der Waals surface area contributed by atoms with Gasteiger partial charge < -0.3 is 4.42 Å². The predicted octanol–water partition coefficient (Wildman–Crippen LogP) is 4.18. The molecule has 0 N–H and O–H groups in total. The summed E-state index contributed by atoms with van der Waals surface area (Å²) >= 11 is 0. The van der Waals surface area contributed by atoms with E-state index in [2.05, 4.69) is 0 Å². The molecule has 3 rings (SSSR count). The van der Waals surface area contributed by atoms with Crippen molar-refractivity contribution in [2.45, 2.75) is 26.9 Å². The van der Waals surface area contributed by atoms with E-state index in [1.54, 1.807) is 12.1 Å². The van der Waals surface area contributed by atoms with Gasteiger partial charge in [0, 0.05) is 30.1 Å². The molecule has 2 aromatic carbocycles.